The largest absolute Gasteiger partial charge is 0.444 e. The van der Waals surface area contributed by atoms with Crippen molar-refractivity contribution in [1.82, 2.24) is 20.1 Å². The second-order valence-corrected chi connectivity index (χ2v) is 13.5. The van der Waals surface area contributed by atoms with E-state index < -0.39 is 23.8 Å². The van der Waals surface area contributed by atoms with Crippen LogP contribution >= 0.6 is 22.9 Å². The Morgan fingerprint density at radius 1 is 1.09 bits per heavy atom. The second-order valence-electron chi connectivity index (χ2n) is 11.9. The van der Waals surface area contributed by atoms with Crippen molar-refractivity contribution in [2.24, 2.45) is 4.99 Å². The summed E-state index contributed by atoms with van der Waals surface area (Å²) >= 11 is 7.86. The summed E-state index contributed by atoms with van der Waals surface area (Å²) in [5.41, 5.74) is 4.35. The third-order valence-electron chi connectivity index (χ3n) is 7.17. The Morgan fingerprint density at radius 2 is 1.78 bits per heavy atom. The zero-order valence-electron chi connectivity index (χ0n) is 26.4. The van der Waals surface area contributed by atoms with Crippen molar-refractivity contribution in [2.75, 3.05) is 11.9 Å². The molecule has 2 atom stereocenters. The van der Waals surface area contributed by atoms with E-state index in [-0.39, 0.29) is 18.9 Å². The summed E-state index contributed by atoms with van der Waals surface area (Å²) in [4.78, 5) is 31.7. The number of nitrogens with zero attached hydrogens (tertiary/aromatic N) is 4. The molecule has 3 N–H and O–H groups in total. The molecule has 0 saturated carbocycles. The van der Waals surface area contributed by atoms with E-state index in [1.165, 1.54) is 4.88 Å². The zero-order valence-corrected chi connectivity index (χ0v) is 28.0. The van der Waals surface area contributed by atoms with E-state index in [0.717, 1.165) is 33.2 Å². The molecule has 238 valence electrons. The highest BCUT2D eigenvalue weighted by atomic mass is 35.5. The lowest BCUT2D eigenvalue weighted by atomic mass is 9.99. The van der Waals surface area contributed by atoms with Gasteiger partial charge in [-0.2, -0.15) is 0 Å². The van der Waals surface area contributed by atoms with Gasteiger partial charge in [0.15, 0.2) is 5.82 Å². The van der Waals surface area contributed by atoms with Gasteiger partial charge in [0.2, 0.25) is 5.91 Å². The molecule has 0 radical (unpaired) electrons. The highest BCUT2D eigenvalue weighted by Crippen LogP contribution is 2.39. The minimum absolute atomic E-state index is 0.0399. The topological polar surface area (TPSA) is 131 Å². The van der Waals surface area contributed by atoms with Gasteiger partial charge in [-0.3, -0.25) is 14.4 Å². The van der Waals surface area contributed by atoms with Crippen LogP contribution in [-0.2, 0) is 9.53 Å². The number of amides is 2. The number of hydrogen-bond donors (Lipinski definition) is 3. The van der Waals surface area contributed by atoms with Crippen molar-refractivity contribution < 1.29 is 19.4 Å². The third kappa shape index (κ3) is 7.48. The smallest absolute Gasteiger partial charge is 0.408 e. The van der Waals surface area contributed by atoms with Crippen LogP contribution in [0.15, 0.2) is 53.5 Å². The van der Waals surface area contributed by atoms with Gasteiger partial charge in [-0.15, -0.1) is 21.5 Å². The van der Waals surface area contributed by atoms with Gasteiger partial charge >= 0.3 is 6.09 Å². The van der Waals surface area contributed by atoms with E-state index in [1.54, 1.807) is 56.4 Å². The Kier molecular flexibility index (Phi) is 9.63. The number of aliphatic hydroxyl groups is 1. The zero-order chi connectivity index (χ0) is 33.2. The number of thiophene rings is 1. The number of alkyl carbamates (subject to hydrolysis) is 1. The van der Waals surface area contributed by atoms with Crippen molar-refractivity contribution in [2.45, 2.75) is 65.6 Å². The van der Waals surface area contributed by atoms with Crippen LogP contribution in [0, 0.1) is 32.6 Å². The summed E-state index contributed by atoms with van der Waals surface area (Å²) in [7, 11) is 0. The number of rotatable bonds is 6. The summed E-state index contributed by atoms with van der Waals surface area (Å²) < 4.78 is 7.23. The van der Waals surface area contributed by atoms with Gasteiger partial charge in [0.1, 0.15) is 28.5 Å². The molecule has 0 fully saturated rings. The van der Waals surface area contributed by atoms with Gasteiger partial charge in [0, 0.05) is 32.3 Å². The van der Waals surface area contributed by atoms with Crippen LogP contribution in [0.2, 0.25) is 5.02 Å². The molecule has 3 heterocycles. The number of ether oxygens (including phenoxy) is 1. The number of anilines is 1. The molecule has 5 rings (SSSR count). The number of aliphatic imine (C=N–C) groups is 1. The van der Waals surface area contributed by atoms with Crippen LogP contribution in [-0.4, -0.2) is 55.8 Å². The molecule has 1 aliphatic heterocycles. The molecule has 10 nitrogen and oxygen atoms in total. The van der Waals surface area contributed by atoms with E-state index in [1.807, 2.05) is 35.8 Å². The van der Waals surface area contributed by atoms with Crippen LogP contribution in [0.5, 0.6) is 0 Å². The molecule has 1 aliphatic rings. The fourth-order valence-corrected chi connectivity index (χ4v) is 6.24. The highest BCUT2D eigenvalue weighted by Gasteiger charge is 2.32. The molecule has 1 unspecified atom stereocenters. The molecule has 12 heteroatoms. The fourth-order valence-electron chi connectivity index (χ4n) is 4.90. The number of benzene rings is 2. The van der Waals surface area contributed by atoms with Crippen LogP contribution in [0.1, 0.15) is 72.0 Å². The van der Waals surface area contributed by atoms with Gasteiger partial charge in [0.05, 0.1) is 18.7 Å². The molecular formula is C34H35ClN6O4S. The van der Waals surface area contributed by atoms with Crippen LogP contribution in [0.4, 0.5) is 10.5 Å². The first kappa shape index (κ1) is 32.9. The van der Waals surface area contributed by atoms with Crippen molar-refractivity contribution in [3.8, 4) is 16.8 Å². The monoisotopic (exact) mass is 658 g/mol. The van der Waals surface area contributed by atoms with Crippen molar-refractivity contribution in [3.05, 3.63) is 92.3 Å². The van der Waals surface area contributed by atoms with Gasteiger partial charge in [-0.1, -0.05) is 35.6 Å². The average Bonchev–Trinajstić information content (AvgIpc) is 3.47. The lowest BCUT2D eigenvalue weighted by molar-refractivity contribution is -0.116. The van der Waals surface area contributed by atoms with Crippen LogP contribution in [0.25, 0.3) is 5.00 Å². The van der Waals surface area contributed by atoms with Crippen molar-refractivity contribution in [1.29, 1.82) is 0 Å². The molecule has 0 saturated heterocycles. The Hall–Kier alpha value is -4.50. The predicted molar refractivity (Wildman–Crippen MR) is 180 cm³/mol. The molecule has 2 amide bonds. The van der Waals surface area contributed by atoms with E-state index in [9.17, 15) is 14.7 Å². The number of hydrogen-bond acceptors (Lipinski definition) is 8. The summed E-state index contributed by atoms with van der Waals surface area (Å²) in [6, 6.07) is 13.1. The number of aliphatic hydroxyl groups excluding tert-OH is 1. The number of halogens is 1. The quantitative estimate of drug-likeness (QED) is 0.216. The number of nitrogens with one attached hydrogen (secondary N) is 2. The van der Waals surface area contributed by atoms with Gasteiger partial charge < -0.3 is 20.5 Å². The lowest BCUT2D eigenvalue weighted by Gasteiger charge is -2.20. The summed E-state index contributed by atoms with van der Waals surface area (Å²) in [5, 5.41) is 25.5. The molecule has 2 aromatic heterocycles. The highest BCUT2D eigenvalue weighted by molar-refractivity contribution is 7.15. The SMILES string of the molecule is Cc1sc2c(c1C)C(c1ccc(Cl)cc1)=N[C@@H](CC(=O)Nc1ccc(C#CC(CO)NC(=O)OC(C)(C)C)cc1)c1nnc(C)n1-2. The number of fused-ring (bicyclic) bond motifs is 3. The van der Waals surface area contributed by atoms with E-state index in [4.69, 9.17) is 21.3 Å². The Labute approximate surface area is 276 Å². The number of aromatic nitrogens is 3. The van der Waals surface area contributed by atoms with Crippen molar-refractivity contribution in [3.63, 3.8) is 0 Å². The predicted octanol–water partition coefficient (Wildman–Crippen LogP) is 6.07. The molecule has 46 heavy (non-hydrogen) atoms. The molecule has 2 aromatic carbocycles. The minimum Gasteiger partial charge on any atom is -0.444 e. The number of aryl methyl sites for hydroxylation is 2. The fraction of sp³-hybridized carbons (Fsp3) is 0.324. The molecule has 0 aliphatic carbocycles. The first-order valence-electron chi connectivity index (χ1n) is 14.7. The van der Waals surface area contributed by atoms with Gasteiger partial charge in [-0.25, -0.2) is 4.79 Å². The number of carbonyl (C=O) groups excluding carboxylic acids is 2. The van der Waals surface area contributed by atoms with E-state index in [0.29, 0.717) is 22.1 Å². The van der Waals surface area contributed by atoms with Crippen molar-refractivity contribution >= 4 is 46.3 Å². The lowest BCUT2D eigenvalue weighted by Crippen LogP contribution is -2.40. The average molecular weight is 659 g/mol. The van der Waals surface area contributed by atoms with Gasteiger partial charge in [0.25, 0.3) is 0 Å². The second kappa shape index (κ2) is 13.5. The molecular weight excluding hydrogens is 624 g/mol. The maximum atomic E-state index is 13.4. The first-order chi connectivity index (χ1) is 21.8. The first-order valence-corrected chi connectivity index (χ1v) is 15.9. The maximum Gasteiger partial charge on any atom is 0.408 e. The Bertz CT molecular complexity index is 1860. The van der Waals surface area contributed by atoms with Crippen LogP contribution in [0.3, 0.4) is 0 Å². The van der Waals surface area contributed by atoms with E-state index in [2.05, 4.69) is 46.5 Å². The summed E-state index contributed by atoms with van der Waals surface area (Å²) in [5.74, 6) is 6.84. The minimum atomic E-state index is -0.796. The van der Waals surface area contributed by atoms with Gasteiger partial charge in [-0.05, 0) is 83.5 Å². The Balaban J connectivity index is 1.35. The Morgan fingerprint density at radius 3 is 2.43 bits per heavy atom. The molecule has 0 spiro atoms. The summed E-state index contributed by atoms with van der Waals surface area (Å²) in [6.45, 7) is 11.0. The maximum absolute atomic E-state index is 13.4. The standard InChI is InChI=1S/C34H35ClN6O4S/c1-19-20(2)46-32-29(19)30(23-10-12-24(35)13-11-23)38-27(31-40-39-21(3)41(31)32)17-28(43)36-25-14-7-22(8-15-25)9-16-26(18-42)37-33(44)45-34(4,5)6/h7-8,10-15,26-27,42H,17-18H2,1-6H3,(H,36,43)(H,37,44)/t26?,27-/m0/s1. The normalized spacial score (nSPS) is 14.5. The van der Waals surface area contributed by atoms with Crippen LogP contribution < -0.4 is 10.6 Å². The molecule has 0 bridgehead atoms. The number of carbonyl (C=O) groups is 2. The van der Waals surface area contributed by atoms with E-state index >= 15 is 0 Å². The molecule has 4 aromatic rings. The third-order valence-corrected chi connectivity index (χ3v) is 8.61. The summed E-state index contributed by atoms with van der Waals surface area (Å²) in [6.07, 6.45) is -0.621.